The Kier molecular flexibility index (Phi) is 15.0. The monoisotopic (exact) mass is 385 g/mol. The van der Waals surface area contributed by atoms with Crippen LogP contribution in [0.3, 0.4) is 0 Å². The highest BCUT2D eigenvalue weighted by atomic mass is 35.5. The number of quaternary nitrogens is 1. The van der Waals surface area contributed by atoms with Crippen molar-refractivity contribution in [1.82, 2.24) is 0 Å². The van der Waals surface area contributed by atoms with E-state index < -0.39 is 36.0 Å². The number of amides is 1. The van der Waals surface area contributed by atoms with Gasteiger partial charge in [-0.05, 0) is 6.42 Å². The summed E-state index contributed by atoms with van der Waals surface area (Å²) in [6.07, 6.45) is -0.745. The maximum Gasteiger partial charge on any atom is 0.320 e. The van der Waals surface area contributed by atoms with Crippen molar-refractivity contribution < 1.29 is 38.6 Å². The molecule has 148 valence electrons. The summed E-state index contributed by atoms with van der Waals surface area (Å²) < 4.78 is 5.39. The first kappa shape index (κ1) is 27.9. The zero-order valence-electron chi connectivity index (χ0n) is 14.9. The predicted octanol–water partition coefficient (Wildman–Crippen LogP) is -2.15. The topological polar surface area (TPSA) is 173 Å². The molecule has 0 aromatic rings. The van der Waals surface area contributed by atoms with E-state index in [-0.39, 0.29) is 31.7 Å². The maximum atomic E-state index is 10.7. The number of carbonyl (C=O) groups excluding carboxylic acids is 3. The van der Waals surface area contributed by atoms with Gasteiger partial charge in [-0.3, -0.25) is 14.4 Å². The Bertz CT molecular complexity index is 436. The minimum Gasteiger partial charge on any atom is -0.550 e. The first-order valence-electron chi connectivity index (χ1n) is 7.18. The van der Waals surface area contributed by atoms with Crippen molar-refractivity contribution in [1.29, 1.82) is 0 Å². The van der Waals surface area contributed by atoms with Gasteiger partial charge >= 0.3 is 11.9 Å². The van der Waals surface area contributed by atoms with E-state index in [9.17, 15) is 24.3 Å². The summed E-state index contributed by atoms with van der Waals surface area (Å²) in [6, 6.07) is -0.979. The van der Waals surface area contributed by atoms with E-state index in [1.807, 2.05) is 21.1 Å². The van der Waals surface area contributed by atoms with Crippen molar-refractivity contribution in [2.75, 3.05) is 27.7 Å². The SMILES string of the molecule is CC(=O)OC(CC(=O)[O-])C[N+](C)(C)C.Cl.NC(=O)CC[C@H](N)C(=O)O. The van der Waals surface area contributed by atoms with E-state index in [1.165, 1.54) is 6.92 Å². The summed E-state index contributed by atoms with van der Waals surface area (Å²) in [5.41, 5.74) is 9.81. The molecular formula is C14H28ClN3O7. The molecule has 10 nitrogen and oxygen atoms in total. The highest BCUT2D eigenvalue weighted by molar-refractivity contribution is 5.85. The van der Waals surface area contributed by atoms with Gasteiger partial charge in [0, 0.05) is 25.7 Å². The van der Waals surface area contributed by atoms with Gasteiger partial charge in [-0.1, -0.05) is 0 Å². The molecule has 5 N–H and O–H groups in total. The molecule has 1 unspecified atom stereocenters. The zero-order valence-corrected chi connectivity index (χ0v) is 15.7. The molecule has 1 amide bonds. The standard InChI is InChI=1S/C9H17NO4.C5H10N2O3.ClH/c1-7(11)14-8(5-9(12)13)6-10(2,3)4;6-3(5(9)10)1-2-4(7)8;/h8H,5-6H2,1-4H3;3H,1-2,6H2,(H2,7,8)(H,9,10);1H/t;3-;/m.0./s1. The summed E-state index contributed by atoms with van der Waals surface area (Å²) in [6.45, 7) is 1.71. The van der Waals surface area contributed by atoms with Gasteiger partial charge in [0.05, 0.1) is 21.1 Å². The highest BCUT2D eigenvalue weighted by Crippen LogP contribution is 2.04. The molecule has 0 aromatic carbocycles. The number of nitrogens with two attached hydrogens (primary N) is 2. The molecule has 0 rings (SSSR count). The van der Waals surface area contributed by atoms with Crippen LogP contribution in [0.15, 0.2) is 0 Å². The predicted molar refractivity (Wildman–Crippen MR) is 89.4 cm³/mol. The minimum absolute atomic E-state index is 0. The number of carboxylic acids is 2. The van der Waals surface area contributed by atoms with E-state index in [0.29, 0.717) is 11.0 Å². The quantitative estimate of drug-likeness (QED) is 0.297. The lowest BCUT2D eigenvalue weighted by atomic mass is 10.2. The van der Waals surface area contributed by atoms with Crippen molar-refractivity contribution in [3.63, 3.8) is 0 Å². The highest BCUT2D eigenvalue weighted by Gasteiger charge is 2.20. The molecule has 0 saturated carbocycles. The molecule has 0 bridgehead atoms. The van der Waals surface area contributed by atoms with Crippen LogP contribution in [0.2, 0.25) is 0 Å². The molecule has 0 aromatic heterocycles. The van der Waals surface area contributed by atoms with Gasteiger partial charge < -0.3 is 35.7 Å². The number of ether oxygens (including phenoxy) is 1. The molecule has 25 heavy (non-hydrogen) atoms. The summed E-state index contributed by atoms with van der Waals surface area (Å²) in [5, 5.41) is 18.6. The first-order valence-corrected chi connectivity index (χ1v) is 7.18. The van der Waals surface area contributed by atoms with Gasteiger partial charge in [0.2, 0.25) is 5.91 Å². The van der Waals surface area contributed by atoms with Crippen molar-refractivity contribution in [2.45, 2.75) is 38.3 Å². The van der Waals surface area contributed by atoms with Crippen LogP contribution in [0, 0.1) is 0 Å². The Morgan fingerprint density at radius 3 is 1.96 bits per heavy atom. The van der Waals surface area contributed by atoms with Crippen molar-refractivity contribution >= 4 is 36.2 Å². The number of aliphatic carboxylic acids is 2. The van der Waals surface area contributed by atoms with Gasteiger partial charge in [-0.25, -0.2) is 0 Å². The number of halogens is 1. The number of hydrogen-bond donors (Lipinski definition) is 3. The molecule has 0 heterocycles. The van der Waals surface area contributed by atoms with E-state index in [1.54, 1.807) is 0 Å². The van der Waals surface area contributed by atoms with Crippen LogP contribution >= 0.6 is 12.4 Å². The van der Waals surface area contributed by atoms with E-state index in [0.717, 1.165) is 0 Å². The van der Waals surface area contributed by atoms with E-state index >= 15 is 0 Å². The average molecular weight is 386 g/mol. The Balaban J connectivity index is -0.000000392. The number of carbonyl (C=O) groups is 4. The second-order valence-corrected chi connectivity index (χ2v) is 6.23. The summed E-state index contributed by atoms with van der Waals surface area (Å²) in [5.74, 6) is -3.31. The van der Waals surface area contributed by atoms with Gasteiger partial charge in [0.1, 0.15) is 12.6 Å². The van der Waals surface area contributed by atoms with Crippen LogP contribution in [0.1, 0.15) is 26.2 Å². The third-order valence-electron chi connectivity index (χ3n) is 2.50. The fourth-order valence-electron chi connectivity index (χ4n) is 1.60. The molecule has 2 atom stereocenters. The van der Waals surface area contributed by atoms with Gasteiger partial charge in [-0.15, -0.1) is 12.4 Å². The lowest BCUT2D eigenvalue weighted by Gasteiger charge is -2.28. The van der Waals surface area contributed by atoms with E-state index in [4.69, 9.17) is 21.3 Å². The molecule has 0 saturated heterocycles. The van der Waals surface area contributed by atoms with Crippen molar-refractivity contribution in [3.8, 4) is 0 Å². The number of primary amides is 1. The molecule has 11 heteroatoms. The van der Waals surface area contributed by atoms with Gasteiger partial charge in [-0.2, -0.15) is 0 Å². The summed E-state index contributed by atoms with van der Waals surface area (Å²) in [4.78, 5) is 41.2. The normalized spacial score (nSPS) is 12.5. The number of likely N-dealkylation sites (N-methyl/N-ethyl adjacent to an activating group) is 1. The Hall–Kier alpha value is -1.91. The fraction of sp³-hybridized carbons (Fsp3) is 0.714. The van der Waals surface area contributed by atoms with Crippen LogP contribution in [0.5, 0.6) is 0 Å². The van der Waals surface area contributed by atoms with Crippen molar-refractivity contribution in [3.05, 3.63) is 0 Å². The molecule has 0 fully saturated rings. The van der Waals surface area contributed by atoms with Crippen LogP contribution in [-0.4, -0.2) is 73.2 Å². The summed E-state index contributed by atoms with van der Waals surface area (Å²) >= 11 is 0. The van der Waals surface area contributed by atoms with Gasteiger partial charge in [0.15, 0.2) is 6.10 Å². The number of esters is 1. The second-order valence-electron chi connectivity index (χ2n) is 6.23. The van der Waals surface area contributed by atoms with Crippen LogP contribution in [-0.2, 0) is 23.9 Å². The van der Waals surface area contributed by atoms with Crippen LogP contribution < -0.4 is 16.6 Å². The molecule has 0 aliphatic heterocycles. The zero-order chi connectivity index (χ0) is 19.5. The van der Waals surface area contributed by atoms with E-state index in [2.05, 4.69) is 0 Å². The molecule has 0 radical (unpaired) electrons. The fourth-order valence-corrected chi connectivity index (χ4v) is 1.60. The third-order valence-corrected chi connectivity index (χ3v) is 2.50. The number of nitrogens with zero attached hydrogens (tertiary/aromatic N) is 1. The first-order chi connectivity index (χ1) is 10.7. The minimum atomic E-state index is -1.20. The van der Waals surface area contributed by atoms with Crippen LogP contribution in [0.25, 0.3) is 0 Å². The largest absolute Gasteiger partial charge is 0.550 e. The Labute approximate surface area is 153 Å². The smallest absolute Gasteiger partial charge is 0.320 e. The lowest BCUT2D eigenvalue weighted by Crippen LogP contribution is -2.45. The number of rotatable bonds is 9. The molecule has 0 spiro atoms. The van der Waals surface area contributed by atoms with Crippen molar-refractivity contribution in [2.24, 2.45) is 11.5 Å². The lowest BCUT2D eigenvalue weighted by molar-refractivity contribution is -0.873. The Morgan fingerprint density at radius 1 is 1.20 bits per heavy atom. The Morgan fingerprint density at radius 2 is 1.68 bits per heavy atom. The van der Waals surface area contributed by atoms with Crippen LogP contribution in [0.4, 0.5) is 0 Å². The molecular weight excluding hydrogens is 358 g/mol. The third kappa shape index (κ3) is 22.1. The maximum absolute atomic E-state index is 10.7. The van der Waals surface area contributed by atoms with Gasteiger partial charge in [0.25, 0.3) is 0 Å². The average Bonchev–Trinajstić information content (AvgIpc) is 2.32. The number of hydrogen-bond acceptors (Lipinski definition) is 7. The number of carboxylic acid groups (broad SMARTS) is 2. The molecule has 0 aliphatic carbocycles. The summed E-state index contributed by atoms with van der Waals surface area (Å²) in [7, 11) is 5.68. The second kappa shape index (κ2) is 13.4. The molecule has 0 aliphatic rings.